The number of hydrogen-bond acceptors (Lipinski definition) is 1. The van der Waals surface area contributed by atoms with E-state index >= 15 is 0 Å². The summed E-state index contributed by atoms with van der Waals surface area (Å²) >= 11 is 0. The summed E-state index contributed by atoms with van der Waals surface area (Å²) in [4.78, 5) is 2.65. The van der Waals surface area contributed by atoms with Crippen LogP contribution >= 0.6 is 0 Å². The Balaban J connectivity index is 0.000000771. The summed E-state index contributed by atoms with van der Waals surface area (Å²) in [6.45, 7) is 15.6. The van der Waals surface area contributed by atoms with Gasteiger partial charge in [0.05, 0.1) is 13.1 Å². The topological polar surface area (TPSA) is 6.25 Å². The van der Waals surface area contributed by atoms with Crippen molar-refractivity contribution in [2.75, 3.05) is 26.2 Å². The predicted octanol–water partition coefficient (Wildman–Crippen LogP) is 3.18. The minimum Gasteiger partial charge on any atom is -0.288 e. The molecule has 0 radical (unpaired) electrons. The van der Waals surface area contributed by atoms with Crippen molar-refractivity contribution in [2.24, 2.45) is 5.92 Å². The minimum atomic E-state index is 0.678. The summed E-state index contributed by atoms with van der Waals surface area (Å²) < 4.78 is 2.48. The molecule has 1 aliphatic heterocycles. The first-order valence-corrected chi connectivity index (χ1v) is 7.57. The molecule has 0 amide bonds. The lowest BCUT2D eigenvalue weighted by Gasteiger charge is -2.30. The zero-order chi connectivity index (χ0) is 13.4. The average Bonchev–Trinajstić information content (AvgIpc) is 2.43. The van der Waals surface area contributed by atoms with Gasteiger partial charge in [-0.15, -0.1) is 13.2 Å². The molecule has 2 aliphatic rings. The van der Waals surface area contributed by atoms with E-state index in [1.165, 1.54) is 58.3 Å². The first-order valence-electron chi connectivity index (χ1n) is 7.57. The predicted molar refractivity (Wildman–Crippen MR) is 80.6 cm³/mol. The van der Waals surface area contributed by atoms with Gasteiger partial charge in [-0.25, -0.2) is 4.58 Å². The lowest BCUT2D eigenvalue weighted by Crippen LogP contribution is -2.43. The van der Waals surface area contributed by atoms with Gasteiger partial charge in [0.25, 0.3) is 0 Å². The third-order valence-electron chi connectivity index (χ3n) is 4.15. The molecule has 0 N–H and O–H groups in total. The molecular weight excluding hydrogens is 220 g/mol. The first kappa shape index (κ1) is 15.4. The maximum absolute atomic E-state index is 3.00. The van der Waals surface area contributed by atoms with Gasteiger partial charge >= 0.3 is 0 Å². The van der Waals surface area contributed by atoms with Crippen LogP contribution in [0.3, 0.4) is 0 Å². The van der Waals surface area contributed by atoms with E-state index in [0.29, 0.717) is 6.04 Å². The lowest BCUT2D eigenvalue weighted by molar-refractivity contribution is -0.559. The molecule has 0 saturated heterocycles. The Morgan fingerprint density at radius 2 is 1.89 bits per heavy atom. The van der Waals surface area contributed by atoms with Crippen LogP contribution in [0.5, 0.6) is 0 Å². The van der Waals surface area contributed by atoms with Gasteiger partial charge < -0.3 is 0 Å². The Kier molecular flexibility index (Phi) is 7.26. The summed E-state index contributed by atoms with van der Waals surface area (Å²) in [6, 6.07) is 0.678. The highest BCUT2D eigenvalue weighted by Crippen LogP contribution is 2.24. The Labute approximate surface area is 113 Å². The van der Waals surface area contributed by atoms with Gasteiger partial charge in [0.15, 0.2) is 12.8 Å². The molecule has 0 bridgehead atoms. The van der Waals surface area contributed by atoms with Crippen molar-refractivity contribution in [3.05, 3.63) is 13.2 Å². The Bertz CT molecular complexity index is 252. The Morgan fingerprint density at radius 3 is 2.39 bits per heavy atom. The van der Waals surface area contributed by atoms with Gasteiger partial charge in [-0.1, -0.05) is 19.3 Å². The lowest BCUT2D eigenvalue weighted by atomic mass is 9.89. The summed E-state index contributed by atoms with van der Waals surface area (Å²) in [7, 11) is 0. The highest BCUT2D eigenvalue weighted by atomic mass is 15.2. The second kappa shape index (κ2) is 8.47. The molecule has 2 rings (SSSR count). The molecule has 0 unspecified atom stereocenters. The van der Waals surface area contributed by atoms with E-state index in [4.69, 9.17) is 0 Å². The summed E-state index contributed by atoms with van der Waals surface area (Å²) in [5, 5.41) is 0. The van der Waals surface area contributed by atoms with Crippen LogP contribution in [0.25, 0.3) is 0 Å². The van der Waals surface area contributed by atoms with Crippen LogP contribution in [0.2, 0.25) is 0 Å². The van der Waals surface area contributed by atoms with Gasteiger partial charge in [0.1, 0.15) is 6.04 Å². The molecule has 18 heavy (non-hydrogen) atoms. The van der Waals surface area contributed by atoms with Gasteiger partial charge in [-0.3, -0.25) is 4.90 Å². The van der Waals surface area contributed by atoms with Crippen molar-refractivity contribution in [3.8, 4) is 0 Å². The van der Waals surface area contributed by atoms with E-state index in [-0.39, 0.29) is 0 Å². The Morgan fingerprint density at radius 1 is 1.22 bits per heavy atom. The highest BCUT2D eigenvalue weighted by Gasteiger charge is 2.22. The molecule has 1 aliphatic carbocycles. The maximum atomic E-state index is 3.00. The van der Waals surface area contributed by atoms with Crippen molar-refractivity contribution in [2.45, 2.75) is 52.0 Å². The van der Waals surface area contributed by atoms with E-state index in [2.05, 4.69) is 42.7 Å². The van der Waals surface area contributed by atoms with Crippen LogP contribution in [-0.2, 0) is 0 Å². The van der Waals surface area contributed by atoms with Crippen molar-refractivity contribution < 1.29 is 4.58 Å². The molecule has 0 aromatic heterocycles. The number of nitrogens with zero attached hydrogens (tertiary/aromatic N) is 2. The fourth-order valence-corrected chi connectivity index (χ4v) is 3.03. The second-order valence-corrected chi connectivity index (χ2v) is 5.78. The van der Waals surface area contributed by atoms with E-state index < -0.39 is 0 Å². The number of hydrogen-bond donors (Lipinski definition) is 0. The smallest absolute Gasteiger partial charge is 0.155 e. The number of rotatable bonds is 3. The largest absolute Gasteiger partial charge is 0.288 e. The second-order valence-electron chi connectivity index (χ2n) is 5.78. The summed E-state index contributed by atoms with van der Waals surface area (Å²) in [5.74, 6) is 0.993. The molecule has 0 atom stereocenters. The quantitative estimate of drug-likeness (QED) is 0.551. The standard InChI is InChI=1S/C14H27N2.C2H4/c1-13(2)16-10-8-15(9-11-16)12-14-6-4-3-5-7-14;1-2/h10,13-14H,3-9,11-12H2,1-2H3;1-2H2/q+1;. The SMILES string of the molecule is C=C.CC(C)[N+]1=CCN(CC2CCCCC2)CC1. The van der Waals surface area contributed by atoms with Crippen molar-refractivity contribution in [1.82, 2.24) is 4.90 Å². The van der Waals surface area contributed by atoms with E-state index in [1.807, 2.05) is 0 Å². The highest BCUT2D eigenvalue weighted by molar-refractivity contribution is 5.54. The zero-order valence-electron chi connectivity index (χ0n) is 12.4. The van der Waals surface area contributed by atoms with Gasteiger partial charge in [0.2, 0.25) is 0 Å². The van der Waals surface area contributed by atoms with Crippen LogP contribution in [0.1, 0.15) is 46.0 Å². The monoisotopic (exact) mass is 251 g/mol. The van der Waals surface area contributed by atoms with Crippen LogP contribution in [0.4, 0.5) is 0 Å². The van der Waals surface area contributed by atoms with E-state index in [9.17, 15) is 0 Å². The third kappa shape index (κ3) is 4.93. The summed E-state index contributed by atoms with van der Waals surface area (Å²) in [5.41, 5.74) is 0. The molecule has 0 aromatic carbocycles. The van der Waals surface area contributed by atoms with Crippen molar-refractivity contribution in [1.29, 1.82) is 0 Å². The van der Waals surface area contributed by atoms with Gasteiger partial charge in [-0.05, 0) is 32.6 Å². The molecule has 2 heteroatoms. The molecule has 0 aromatic rings. The summed E-state index contributed by atoms with van der Waals surface area (Å²) in [6.07, 6.45) is 9.77. The van der Waals surface area contributed by atoms with E-state index in [0.717, 1.165) is 5.92 Å². The van der Waals surface area contributed by atoms with Gasteiger partial charge in [-0.2, -0.15) is 0 Å². The molecule has 104 valence electrons. The maximum Gasteiger partial charge on any atom is 0.155 e. The van der Waals surface area contributed by atoms with Crippen molar-refractivity contribution >= 4 is 6.21 Å². The van der Waals surface area contributed by atoms with Crippen molar-refractivity contribution in [3.63, 3.8) is 0 Å². The fraction of sp³-hybridized carbons (Fsp3) is 0.812. The fourth-order valence-electron chi connectivity index (χ4n) is 3.03. The minimum absolute atomic E-state index is 0.678. The third-order valence-corrected chi connectivity index (χ3v) is 4.15. The average molecular weight is 251 g/mol. The van der Waals surface area contributed by atoms with Crippen LogP contribution in [-0.4, -0.2) is 47.9 Å². The van der Waals surface area contributed by atoms with Crippen LogP contribution in [0.15, 0.2) is 13.2 Å². The molecular formula is C16H31N2+. The normalized spacial score (nSPS) is 22.3. The first-order chi connectivity index (χ1) is 8.75. The van der Waals surface area contributed by atoms with Gasteiger partial charge in [0, 0.05) is 6.54 Å². The molecule has 2 nitrogen and oxygen atoms in total. The molecule has 1 heterocycles. The molecule has 1 fully saturated rings. The molecule has 0 spiro atoms. The Hall–Kier alpha value is -0.630. The molecule has 1 saturated carbocycles. The zero-order valence-corrected chi connectivity index (χ0v) is 12.4. The van der Waals surface area contributed by atoms with Crippen LogP contribution < -0.4 is 0 Å². The van der Waals surface area contributed by atoms with Crippen LogP contribution in [0, 0.1) is 5.92 Å². The van der Waals surface area contributed by atoms with E-state index in [1.54, 1.807) is 0 Å².